The standard InChI is InChI=1S/C34H41N7O2/c1-4-16-38-17-9-12-26(38)24-43-34-36-30-23-39(31-14-8-11-25-10-6-7-13-28(25)31)18-15-29(30)33(37-34)40-19-20-41(32(42)5-2)27(22-40)21-35-3/h5-8,10-11,13-14,26-27H,2,4,9,12,15-24H2,1H3/t26-,27-/m0/s1. The lowest BCUT2D eigenvalue weighted by atomic mass is 10.0. The molecule has 3 aliphatic heterocycles. The maximum Gasteiger partial charge on any atom is 0.318 e. The van der Waals surface area contributed by atoms with Crippen LogP contribution in [0, 0.1) is 6.57 Å². The van der Waals surface area contributed by atoms with Gasteiger partial charge in [0.25, 0.3) is 0 Å². The number of piperazine rings is 1. The molecule has 0 aliphatic carbocycles. The van der Waals surface area contributed by atoms with E-state index in [4.69, 9.17) is 21.3 Å². The highest BCUT2D eigenvalue weighted by Crippen LogP contribution is 2.35. The molecule has 2 saturated heterocycles. The molecular formula is C34H41N7O2. The maximum atomic E-state index is 12.6. The Bertz CT molecular complexity index is 1510. The largest absolute Gasteiger partial charge is 0.462 e. The normalized spacial score (nSPS) is 20.6. The fourth-order valence-electron chi connectivity index (χ4n) is 6.96. The summed E-state index contributed by atoms with van der Waals surface area (Å²) in [6.07, 6.45) is 5.61. The number of hydrogen-bond acceptors (Lipinski definition) is 7. The Morgan fingerprint density at radius 2 is 1.95 bits per heavy atom. The first kappa shape index (κ1) is 28.9. The Morgan fingerprint density at radius 1 is 1.09 bits per heavy atom. The van der Waals surface area contributed by atoms with Crippen molar-refractivity contribution in [3.05, 3.63) is 77.8 Å². The van der Waals surface area contributed by atoms with Crippen LogP contribution in [-0.2, 0) is 17.8 Å². The number of carbonyl (C=O) groups excluding carboxylic acids is 1. The summed E-state index contributed by atoms with van der Waals surface area (Å²) < 4.78 is 6.39. The first-order chi connectivity index (χ1) is 21.1. The van der Waals surface area contributed by atoms with Gasteiger partial charge in [-0.05, 0) is 56.3 Å². The van der Waals surface area contributed by atoms with E-state index in [-0.39, 0.29) is 18.5 Å². The van der Waals surface area contributed by atoms with Gasteiger partial charge in [0.05, 0.1) is 12.2 Å². The van der Waals surface area contributed by atoms with E-state index in [0.717, 1.165) is 56.0 Å². The number of rotatable bonds is 9. The second kappa shape index (κ2) is 13.0. The smallest absolute Gasteiger partial charge is 0.318 e. The van der Waals surface area contributed by atoms with Gasteiger partial charge in [0.2, 0.25) is 12.5 Å². The zero-order valence-corrected chi connectivity index (χ0v) is 25.1. The summed E-state index contributed by atoms with van der Waals surface area (Å²) in [7, 11) is 0. The van der Waals surface area contributed by atoms with E-state index < -0.39 is 0 Å². The molecule has 9 heteroatoms. The van der Waals surface area contributed by atoms with Crippen molar-refractivity contribution in [2.45, 2.75) is 51.2 Å². The Kier molecular flexibility index (Phi) is 8.75. The molecule has 3 aromatic rings. The molecule has 0 unspecified atom stereocenters. The highest BCUT2D eigenvalue weighted by molar-refractivity contribution is 5.94. The van der Waals surface area contributed by atoms with Gasteiger partial charge in [0.1, 0.15) is 18.5 Å². The fraction of sp³-hybridized carbons (Fsp3) is 0.471. The van der Waals surface area contributed by atoms with Crippen molar-refractivity contribution >= 4 is 28.2 Å². The second-order valence-corrected chi connectivity index (χ2v) is 11.7. The van der Waals surface area contributed by atoms with E-state index in [1.807, 2.05) is 0 Å². The zero-order chi connectivity index (χ0) is 29.8. The van der Waals surface area contributed by atoms with Crippen LogP contribution in [0.5, 0.6) is 6.01 Å². The summed E-state index contributed by atoms with van der Waals surface area (Å²) in [5.41, 5.74) is 3.34. The van der Waals surface area contributed by atoms with Crippen LogP contribution in [0.4, 0.5) is 11.5 Å². The summed E-state index contributed by atoms with van der Waals surface area (Å²) >= 11 is 0. The summed E-state index contributed by atoms with van der Waals surface area (Å²) in [6.45, 7) is 19.7. The molecule has 0 N–H and O–H groups in total. The molecule has 1 aromatic heterocycles. The van der Waals surface area contributed by atoms with Crippen molar-refractivity contribution in [3.8, 4) is 6.01 Å². The van der Waals surface area contributed by atoms with Gasteiger partial charge in [0, 0.05) is 48.9 Å². The third-order valence-corrected chi connectivity index (χ3v) is 9.09. The highest BCUT2D eigenvalue weighted by Gasteiger charge is 2.35. The van der Waals surface area contributed by atoms with Crippen LogP contribution < -0.4 is 14.5 Å². The molecule has 6 rings (SSSR count). The molecule has 224 valence electrons. The lowest BCUT2D eigenvalue weighted by Crippen LogP contribution is -2.56. The molecule has 9 nitrogen and oxygen atoms in total. The highest BCUT2D eigenvalue weighted by atomic mass is 16.5. The lowest BCUT2D eigenvalue weighted by molar-refractivity contribution is -0.128. The number of amides is 1. The Labute approximate surface area is 254 Å². The van der Waals surface area contributed by atoms with E-state index in [1.54, 1.807) is 4.90 Å². The molecule has 0 bridgehead atoms. The number of nitrogens with zero attached hydrogens (tertiary/aromatic N) is 7. The number of fused-ring (bicyclic) bond motifs is 2. The van der Waals surface area contributed by atoms with Gasteiger partial charge < -0.3 is 24.3 Å². The van der Waals surface area contributed by atoms with Crippen LogP contribution in [0.15, 0.2) is 55.1 Å². The summed E-state index contributed by atoms with van der Waals surface area (Å²) in [4.78, 5) is 35.2. The molecule has 0 radical (unpaired) electrons. The van der Waals surface area contributed by atoms with Gasteiger partial charge in [-0.2, -0.15) is 9.97 Å². The van der Waals surface area contributed by atoms with Crippen LogP contribution in [0.1, 0.15) is 37.4 Å². The number of ether oxygens (including phenoxy) is 1. The van der Waals surface area contributed by atoms with E-state index in [0.29, 0.717) is 44.8 Å². The number of anilines is 2. The minimum Gasteiger partial charge on any atom is -0.462 e. The molecule has 2 aromatic carbocycles. The van der Waals surface area contributed by atoms with Crippen molar-refractivity contribution < 1.29 is 9.53 Å². The Hall–Kier alpha value is -4.16. The van der Waals surface area contributed by atoms with E-state index >= 15 is 0 Å². The molecule has 0 saturated carbocycles. The quantitative estimate of drug-likeness (QED) is 0.272. The summed E-state index contributed by atoms with van der Waals surface area (Å²) in [5, 5.41) is 2.46. The lowest BCUT2D eigenvalue weighted by Gasteiger charge is -2.41. The molecule has 2 fully saturated rings. The van der Waals surface area contributed by atoms with Crippen molar-refractivity contribution in [2.75, 3.05) is 62.2 Å². The topological polar surface area (TPSA) is 69.4 Å². The van der Waals surface area contributed by atoms with E-state index in [2.05, 4.69) is 75.5 Å². The second-order valence-electron chi connectivity index (χ2n) is 11.7. The average Bonchev–Trinajstić information content (AvgIpc) is 3.49. The molecular weight excluding hydrogens is 538 g/mol. The van der Waals surface area contributed by atoms with Gasteiger partial charge in [-0.15, -0.1) is 0 Å². The van der Waals surface area contributed by atoms with E-state index in [1.165, 1.54) is 29.0 Å². The number of aromatic nitrogens is 2. The van der Waals surface area contributed by atoms with Crippen LogP contribution in [0.3, 0.4) is 0 Å². The predicted octanol–water partition coefficient (Wildman–Crippen LogP) is 4.57. The minimum atomic E-state index is -0.219. The molecule has 2 atom stereocenters. The number of benzene rings is 2. The number of likely N-dealkylation sites (tertiary alicyclic amines) is 1. The number of carbonyl (C=O) groups is 1. The van der Waals surface area contributed by atoms with Crippen molar-refractivity contribution in [2.24, 2.45) is 0 Å². The van der Waals surface area contributed by atoms with Crippen molar-refractivity contribution in [1.82, 2.24) is 19.8 Å². The van der Waals surface area contributed by atoms with Crippen LogP contribution in [0.25, 0.3) is 15.6 Å². The molecule has 1 amide bonds. The first-order valence-electron chi connectivity index (χ1n) is 15.6. The number of hydrogen-bond donors (Lipinski definition) is 0. The van der Waals surface area contributed by atoms with Gasteiger partial charge in [0.15, 0.2) is 0 Å². The minimum absolute atomic E-state index is 0.124. The first-order valence-corrected chi connectivity index (χ1v) is 15.6. The Balaban J connectivity index is 1.32. The third-order valence-electron chi connectivity index (χ3n) is 9.09. The molecule has 4 heterocycles. The Morgan fingerprint density at radius 3 is 2.79 bits per heavy atom. The molecule has 3 aliphatic rings. The maximum absolute atomic E-state index is 12.6. The van der Waals surface area contributed by atoms with Crippen LogP contribution in [-0.4, -0.2) is 90.2 Å². The predicted molar refractivity (Wildman–Crippen MR) is 170 cm³/mol. The summed E-state index contributed by atoms with van der Waals surface area (Å²) in [5.74, 6) is 0.760. The molecule has 43 heavy (non-hydrogen) atoms. The van der Waals surface area contributed by atoms with Gasteiger partial charge in [-0.25, -0.2) is 6.57 Å². The van der Waals surface area contributed by atoms with Crippen LogP contribution >= 0.6 is 0 Å². The van der Waals surface area contributed by atoms with Gasteiger partial charge >= 0.3 is 6.01 Å². The molecule has 0 spiro atoms. The van der Waals surface area contributed by atoms with Crippen molar-refractivity contribution in [1.29, 1.82) is 0 Å². The zero-order valence-electron chi connectivity index (χ0n) is 25.1. The third kappa shape index (κ3) is 6.02. The fourth-order valence-corrected chi connectivity index (χ4v) is 6.96. The average molecular weight is 580 g/mol. The van der Waals surface area contributed by atoms with E-state index in [9.17, 15) is 4.79 Å². The van der Waals surface area contributed by atoms with Crippen LogP contribution in [0.2, 0.25) is 0 Å². The monoisotopic (exact) mass is 579 g/mol. The van der Waals surface area contributed by atoms with Gasteiger partial charge in [-0.3, -0.25) is 9.69 Å². The summed E-state index contributed by atoms with van der Waals surface area (Å²) in [6, 6.07) is 15.6. The van der Waals surface area contributed by atoms with Crippen molar-refractivity contribution in [3.63, 3.8) is 0 Å². The van der Waals surface area contributed by atoms with Gasteiger partial charge in [-0.1, -0.05) is 49.9 Å². The SMILES string of the molecule is [C-]#[N+]C[C@H]1CN(c2nc(OC[C@@H]3CCCN3CCC)nc3c2CCN(c2cccc4ccccc24)C3)CCN1C(=O)C=C.